The van der Waals surface area contributed by atoms with Gasteiger partial charge in [0.2, 0.25) is 0 Å². The van der Waals surface area contributed by atoms with Crippen LogP contribution in [0, 0.1) is 5.92 Å². The monoisotopic (exact) mass is 218 g/mol. The number of hydrogen-bond acceptors (Lipinski definition) is 0. The Balaban J connectivity index is 2.19. The van der Waals surface area contributed by atoms with Crippen LogP contribution < -0.4 is 0 Å². The van der Waals surface area contributed by atoms with Crippen LogP contribution in [0.15, 0.2) is 58.7 Å². The van der Waals surface area contributed by atoms with Crippen LogP contribution in [-0.4, -0.2) is 0 Å². The SMILES string of the molecule is CC1=CCC=C(C2CC=CC=C2Cl)C=C1. The van der Waals surface area contributed by atoms with E-state index in [9.17, 15) is 0 Å². The molecule has 2 rings (SSSR count). The molecule has 0 aliphatic heterocycles. The summed E-state index contributed by atoms with van der Waals surface area (Å²) in [6.07, 6.45) is 17.1. The van der Waals surface area contributed by atoms with Gasteiger partial charge < -0.3 is 0 Å². The van der Waals surface area contributed by atoms with Crippen LogP contribution in [0.25, 0.3) is 0 Å². The van der Waals surface area contributed by atoms with Crippen LogP contribution >= 0.6 is 11.6 Å². The van der Waals surface area contributed by atoms with Crippen molar-refractivity contribution in [3.63, 3.8) is 0 Å². The highest BCUT2D eigenvalue weighted by Gasteiger charge is 2.16. The predicted molar refractivity (Wildman–Crippen MR) is 66.8 cm³/mol. The Morgan fingerprint density at radius 2 is 2.13 bits per heavy atom. The molecule has 78 valence electrons. The van der Waals surface area contributed by atoms with Crippen LogP contribution in [0.2, 0.25) is 0 Å². The summed E-state index contributed by atoms with van der Waals surface area (Å²) in [6, 6.07) is 0. The molecule has 0 amide bonds. The van der Waals surface area contributed by atoms with Gasteiger partial charge in [-0.3, -0.25) is 0 Å². The van der Waals surface area contributed by atoms with Crippen molar-refractivity contribution in [3.8, 4) is 0 Å². The smallest absolute Gasteiger partial charge is 0.0258 e. The van der Waals surface area contributed by atoms with Gasteiger partial charge in [0.25, 0.3) is 0 Å². The molecule has 2 aliphatic carbocycles. The second kappa shape index (κ2) is 4.67. The van der Waals surface area contributed by atoms with Gasteiger partial charge >= 0.3 is 0 Å². The van der Waals surface area contributed by atoms with Gasteiger partial charge in [0.05, 0.1) is 0 Å². The van der Waals surface area contributed by atoms with E-state index in [0.717, 1.165) is 17.9 Å². The molecule has 1 atom stereocenters. The lowest BCUT2D eigenvalue weighted by Gasteiger charge is -2.18. The molecule has 1 unspecified atom stereocenters. The molecule has 0 heterocycles. The molecule has 0 aromatic carbocycles. The second-order valence-electron chi connectivity index (χ2n) is 3.99. The molecule has 15 heavy (non-hydrogen) atoms. The number of rotatable bonds is 1. The highest BCUT2D eigenvalue weighted by molar-refractivity contribution is 6.30. The molecule has 0 saturated carbocycles. The third-order valence-electron chi connectivity index (χ3n) is 2.83. The van der Waals surface area contributed by atoms with Gasteiger partial charge in [-0.1, -0.05) is 53.6 Å². The van der Waals surface area contributed by atoms with Crippen molar-refractivity contribution in [1.82, 2.24) is 0 Å². The summed E-state index contributed by atoms with van der Waals surface area (Å²) < 4.78 is 0. The molecule has 0 saturated heterocycles. The second-order valence-corrected chi connectivity index (χ2v) is 4.43. The molecule has 0 bridgehead atoms. The summed E-state index contributed by atoms with van der Waals surface area (Å²) in [5, 5.41) is 0.952. The molecule has 0 aromatic heterocycles. The summed E-state index contributed by atoms with van der Waals surface area (Å²) in [4.78, 5) is 0. The highest BCUT2D eigenvalue weighted by atomic mass is 35.5. The Bertz CT molecular complexity index is 392. The fraction of sp³-hybridized carbons (Fsp3) is 0.286. The van der Waals surface area contributed by atoms with Gasteiger partial charge in [-0.05, 0) is 31.4 Å². The first-order chi connectivity index (χ1) is 7.27. The molecule has 0 aromatic rings. The van der Waals surface area contributed by atoms with Gasteiger partial charge in [0.15, 0.2) is 0 Å². The minimum atomic E-state index is 0.368. The van der Waals surface area contributed by atoms with Crippen molar-refractivity contribution in [2.75, 3.05) is 0 Å². The van der Waals surface area contributed by atoms with Crippen molar-refractivity contribution < 1.29 is 0 Å². The maximum atomic E-state index is 6.22. The lowest BCUT2D eigenvalue weighted by Crippen LogP contribution is -2.04. The van der Waals surface area contributed by atoms with Gasteiger partial charge in [-0.2, -0.15) is 0 Å². The van der Waals surface area contributed by atoms with E-state index in [1.54, 1.807) is 0 Å². The Morgan fingerprint density at radius 3 is 2.93 bits per heavy atom. The largest absolute Gasteiger partial charge is 0.0885 e. The van der Waals surface area contributed by atoms with E-state index in [1.165, 1.54) is 11.1 Å². The maximum Gasteiger partial charge on any atom is 0.0258 e. The molecule has 2 aliphatic rings. The average Bonchev–Trinajstić information content (AvgIpc) is 2.44. The fourth-order valence-corrected chi connectivity index (χ4v) is 2.19. The standard InChI is InChI=1S/C14H15Cl/c1-11-5-4-6-12(10-9-11)13-7-2-3-8-14(13)15/h2-3,5-6,8-10,13H,4,7H2,1H3. The van der Waals surface area contributed by atoms with Crippen molar-refractivity contribution >= 4 is 11.6 Å². The van der Waals surface area contributed by atoms with E-state index < -0.39 is 0 Å². The molecular weight excluding hydrogens is 204 g/mol. The van der Waals surface area contributed by atoms with Gasteiger partial charge in [0, 0.05) is 11.0 Å². The average molecular weight is 219 g/mol. The number of halogens is 1. The summed E-state index contributed by atoms with van der Waals surface area (Å²) in [5.41, 5.74) is 2.67. The van der Waals surface area contributed by atoms with E-state index in [0.29, 0.717) is 5.92 Å². The van der Waals surface area contributed by atoms with Gasteiger partial charge in [0.1, 0.15) is 0 Å². The first-order valence-corrected chi connectivity index (χ1v) is 5.72. The van der Waals surface area contributed by atoms with Gasteiger partial charge in [-0.25, -0.2) is 0 Å². The van der Waals surface area contributed by atoms with E-state index in [2.05, 4.69) is 37.3 Å². The number of allylic oxidation sites excluding steroid dienone is 10. The zero-order valence-electron chi connectivity index (χ0n) is 8.91. The molecular formula is C14H15Cl. The van der Waals surface area contributed by atoms with Crippen LogP contribution in [0.1, 0.15) is 19.8 Å². The van der Waals surface area contributed by atoms with Crippen molar-refractivity contribution in [2.45, 2.75) is 19.8 Å². The van der Waals surface area contributed by atoms with Crippen molar-refractivity contribution in [3.05, 3.63) is 58.7 Å². The van der Waals surface area contributed by atoms with Crippen molar-refractivity contribution in [2.24, 2.45) is 5.92 Å². The van der Waals surface area contributed by atoms with E-state index in [1.807, 2.05) is 12.2 Å². The summed E-state index contributed by atoms with van der Waals surface area (Å²) in [7, 11) is 0. The third kappa shape index (κ3) is 2.51. The summed E-state index contributed by atoms with van der Waals surface area (Å²) >= 11 is 6.22. The highest BCUT2D eigenvalue weighted by Crippen LogP contribution is 2.32. The lowest BCUT2D eigenvalue weighted by atomic mass is 9.91. The molecule has 0 N–H and O–H groups in total. The van der Waals surface area contributed by atoms with Crippen molar-refractivity contribution in [1.29, 1.82) is 0 Å². The Morgan fingerprint density at radius 1 is 1.27 bits per heavy atom. The summed E-state index contributed by atoms with van der Waals surface area (Å²) in [5.74, 6) is 0.368. The van der Waals surface area contributed by atoms with Crippen LogP contribution in [0.3, 0.4) is 0 Å². The Labute approximate surface area is 96.3 Å². The number of hydrogen-bond donors (Lipinski definition) is 0. The van der Waals surface area contributed by atoms with Gasteiger partial charge in [-0.15, -0.1) is 0 Å². The molecule has 0 spiro atoms. The molecule has 0 nitrogen and oxygen atoms in total. The minimum Gasteiger partial charge on any atom is -0.0885 e. The molecule has 0 radical (unpaired) electrons. The van der Waals surface area contributed by atoms with E-state index >= 15 is 0 Å². The normalized spacial score (nSPS) is 25.5. The zero-order chi connectivity index (χ0) is 10.7. The third-order valence-corrected chi connectivity index (χ3v) is 3.22. The topological polar surface area (TPSA) is 0 Å². The quantitative estimate of drug-likeness (QED) is 0.607. The zero-order valence-corrected chi connectivity index (χ0v) is 9.67. The van der Waals surface area contributed by atoms with Crippen LogP contribution in [0.4, 0.5) is 0 Å². The summed E-state index contributed by atoms with van der Waals surface area (Å²) in [6.45, 7) is 2.13. The predicted octanol–water partition coefficient (Wildman–Crippen LogP) is 4.52. The Kier molecular flexibility index (Phi) is 3.27. The lowest BCUT2D eigenvalue weighted by molar-refractivity contribution is 0.767. The minimum absolute atomic E-state index is 0.368. The van der Waals surface area contributed by atoms with E-state index in [-0.39, 0.29) is 0 Å². The maximum absolute atomic E-state index is 6.22. The first kappa shape index (κ1) is 10.5. The Hall–Kier alpha value is -1.01. The fourth-order valence-electron chi connectivity index (χ4n) is 1.90. The molecule has 0 fully saturated rings. The van der Waals surface area contributed by atoms with E-state index in [4.69, 9.17) is 11.6 Å². The van der Waals surface area contributed by atoms with Crippen LogP contribution in [0.5, 0.6) is 0 Å². The first-order valence-electron chi connectivity index (χ1n) is 5.34. The van der Waals surface area contributed by atoms with Crippen LogP contribution in [-0.2, 0) is 0 Å². The molecule has 1 heteroatoms.